The van der Waals surface area contributed by atoms with Crippen LogP contribution >= 0.6 is 11.3 Å². The maximum absolute atomic E-state index is 14.3. The molecule has 7 rings (SSSR count). The van der Waals surface area contributed by atoms with E-state index in [0.717, 1.165) is 22.0 Å². The largest absolute Gasteiger partial charge is 0.463 e. The molecule has 230 valence electrons. The normalized spacial score (nSPS) is 14.5. The van der Waals surface area contributed by atoms with E-state index in [4.69, 9.17) is 9.73 Å². The van der Waals surface area contributed by atoms with Crippen LogP contribution in [0.2, 0.25) is 0 Å². The van der Waals surface area contributed by atoms with Crippen molar-refractivity contribution in [3.05, 3.63) is 168 Å². The third kappa shape index (κ3) is 5.49. The van der Waals surface area contributed by atoms with Crippen molar-refractivity contribution in [3.8, 4) is 6.07 Å². The number of thiazole rings is 1. The second kappa shape index (κ2) is 12.5. The number of nitrogens with zero attached hydrogens (tertiary/aromatic N) is 4. The van der Waals surface area contributed by atoms with Crippen molar-refractivity contribution in [2.45, 2.75) is 19.5 Å². The summed E-state index contributed by atoms with van der Waals surface area (Å²) in [5, 5.41) is 10.6. The fraction of sp³-hybridized carbons (Fsp3) is 0.105. The molecule has 47 heavy (non-hydrogen) atoms. The summed E-state index contributed by atoms with van der Waals surface area (Å²) in [6, 6.07) is 31.9. The van der Waals surface area contributed by atoms with E-state index in [1.165, 1.54) is 28.0 Å². The van der Waals surface area contributed by atoms with Crippen molar-refractivity contribution in [2.24, 2.45) is 4.99 Å². The predicted octanol–water partition coefficient (Wildman–Crippen LogP) is 5.95. The molecule has 0 bridgehead atoms. The minimum absolute atomic E-state index is 0.133. The molecule has 0 saturated heterocycles. The number of aromatic nitrogens is 2. The van der Waals surface area contributed by atoms with E-state index in [-0.39, 0.29) is 17.7 Å². The van der Waals surface area contributed by atoms with Crippen LogP contribution in [0.4, 0.5) is 4.39 Å². The zero-order valence-corrected chi connectivity index (χ0v) is 26.1. The fourth-order valence-electron chi connectivity index (χ4n) is 6.01. The highest BCUT2D eigenvalue weighted by atomic mass is 32.1. The Morgan fingerprint density at radius 2 is 1.72 bits per heavy atom. The molecule has 0 spiro atoms. The number of halogens is 1. The lowest BCUT2D eigenvalue weighted by molar-refractivity contribution is -0.138. The molecular weight excluding hydrogens is 612 g/mol. The van der Waals surface area contributed by atoms with Crippen LogP contribution in [0, 0.1) is 17.1 Å². The second-order valence-electron chi connectivity index (χ2n) is 11.0. The van der Waals surface area contributed by atoms with Gasteiger partial charge in [0.05, 0.1) is 40.1 Å². The number of esters is 1. The smallest absolute Gasteiger partial charge is 0.338 e. The van der Waals surface area contributed by atoms with E-state index in [9.17, 15) is 19.2 Å². The van der Waals surface area contributed by atoms with Gasteiger partial charge in [-0.05, 0) is 48.4 Å². The lowest BCUT2D eigenvalue weighted by Gasteiger charge is -2.25. The van der Waals surface area contributed by atoms with Crippen molar-refractivity contribution in [1.29, 1.82) is 5.26 Å². The summed E-state index contributed by atoms with van der Waals surface area (Å²) < 4.78 is 23.6. The molecule has 2 aromatic heterocycles. The summed E-state index contributed by atoms with van der Waals surface area (Å²) in [7, 11) is 0. The van der Waals surface area contributed by atoms with Crippen molar-refractivity contribution >= 4 is 40.0 Å². The number of fused-ring (bicyclic) bond motifs is 2. The van der Waals surface area contributed by atoms with Gasteiger partial charge in [-0.2, -0.15) is 5.26 Å². The van der Waals surface area contributed by atoms with Crippen LogP contribution in [0.25, 0.3) is 22.7 Å². The van der Waals surface area contributed by atoms with Gasteiger partial charge in [-0.25, -0.2) is 14.2 Å². The summed E-state index contributed by atoms with van der Waals surface area (Å²) in [4.78, 5) is 33.3. The van der Waals surface area contributed by atoms with Gasteiger partial charge in [0, 0.05) is 34.8 Å². The number of benzene rings is 4. The van der Waals surface area contributed by atoms with Crippen LogP contribution in [0.5, 0.6) is 0 Å². The molecular formula is C38H27FN4O3S. The molecule has 0 aliphatic carbocycles. The highest BCUT2D eigenvalue weighted by molar-refractivity contribution is 7.07. The lowest BCUT2D eigenvalue weighted by atomic mass is 9.93. The molecule has 1 aliphatic rings. The van der Waals surface area contributed by atoms with Crippen LogP contribution in [-0.4, -0.2) is 21.7 Å². The maximum atomic E-state index is 14.3. The topological polar surface area (TPSA) is 89.4 Å². The van der Waals surface area contributed by atoms with Gasteiger partial charge in [-0.15, -0.1) is 0 Å². The Morgan fingerprint density at radius 3 is 2.49 bits per heavy atom. The van der Waals surface area contributed by atoms with Crippen molar-refractivity contribution in [1.82, 2.24) is 9.13 Å². The molecule has 0 fully saturated rings. The average Bonchev–Trinajstić information content (AvgIpc) is 3.61. The first-order valence-corrected chi connectivity index (χ1v) is 15.9. The molecule has 0 amide bonds. The Labute approximate surface area is 273 Å². The number of ether oxygens (including phenoxy) is 1. The minimum atomic E-state index is -0.896. The van der Waals surface area contributed by atoms with Gasteiger partial charge >= 0.3 is 5.97 Å². The monoisotopic (exact) mass is 638 g/mol. The molecule has 4 aromatic carbocycles. The van der Waals surface area contributed by atoms with Crippen molar-refractivity contribution in [3.63, 3.8) is 0 Å². The Balaban J connectivity index is 1.45. The average molecular weight is 639 g/mol. The maximum Gasteiger partial charge on any atom is 0.338 e. The second-order valence-corrected chi connectivity index (χ2v) is 12.0. The number of carbonyl (C=O) groups excluding carboxylic acids is 1. The molecule has 0 saturated carbocycles. The minimum Gasteiger partial charge on any atom is -0.463 e. The Kier molecular flexibility index (Phi) is 7.94. The van der Waals surface area contributed by atoms with E-state index in [1.54, 1.807) is 25.1 Å². The molecule has 9 heteroatoms. The summed E-state index contributed by atoms with van der Waals surface area (Å²) in [5.41, 5.74) is 4.80. The molecule has 3 heterocycles. The molecule has 0 N–H and O–H groups in total. The molecule has 6 aromatic rings. The van der Waals surface area contributed by atoms with Gasteiger partial charge in [-0.1, -0.05) is 90.2 Å². The summed E-state index contributed by atoms with van der Waals surface area (Å²) in [5.74, 6) is -1.03. The predicted molar refractivity (Wildman–Crippen MR) is 180 cm³/mol. The standard InChI is InChI=1S/C38H27FN4O3S/c1-2-46-37(45)33-34(24-10-4-3-5-11-24)41-38-43(35(33)25-16-18-29(39)19-17-25)36(44)32(47-38)20-28-23-42(31-15-9-8-14-30(28)31)22-27-13-7-6-12-26(27)21-40/h3-20,23,35H,2,22H2,1H3/b32-20-/t35-/m1/s1. The van der Waals surface area contributed by atoms with Gasteiger partial charge in [0.15, 0.2) is 4.80 Å². The van der Waals surface area contributed by atoms with Crippen LogP contribution in [-0.2, 0) is 16.1 Å². The van der Waals surface area contributed by atoms with Crippen molar-refractivity contribution < 1.29 is 13.9 Å². The molecule has 0 radical (unpaired) electrons. The number of nitriles is 1. The van der Waals surface area contributed by atoms with Crippen molar-refractivity contribution in [2.75, 3.05) is 6.61 Å². The van der Waals surface area contributed by atoms with E-state index in [1.807, 2.05) is 85.1 Å². The zero-order valence-electron chi connectivity index (χ0n) is 25.3. The first kappa shape index (κ1) is 29.8. The summed E-state index contributed by atoms with van der Waals surface area (Å²) >= 11 is 1.23. The Morgan fingerprint density at radius 1 is 1.00 bits per heavy atom. The number of hydrogen-bond donors (Lipinski definition) is 0. The van der Waals surface area contributed by atoms with E-state index in [2.05, 4.69) is 10.6 Å². The third-order valence-electron chi connectivity index (χ3n) is 8.14. The Bertz CT molecular complexity index is 2420. The third-order valence-corrected chi connectivity index (χ3v) is 9.13. The molecule has 1 aliphatic heterocycles. The number of rotatable bonds is 7. The van der Waals surface area contributed by atoms with Crippen LogP contribution in [0.1, 0.15) is 40.8 Å². The van der Waals surface area contributed by atoms with Gasteiger partial charge in [-0.3, -0.25) is 9.36 Å². The first-order valence-electron chi connectivity index (χ1n) is 15.1. The van der Waals surface area contributed by atoms with Crippen LogP contribution in [0.3, 0.4) is 0 Å². The quantitative estimate of drug-likeness (QED) is 0.202. The molecule has 1 atom stereocenters. The van der Waals surface area contributed by atoms with E-state index in [0.29, 0.717) is 38.3 Å². The summed E-state index contributed by atoms with van der Waals surface area (Å²) in [6.45, 7) is 2.33. The van der Waals surface area contributed by atoms with Gasteiger partial charge in [0.1, 0.15) is 5.82 Å². The fourth-order valence-corrected chi connectivity index (χ4v) is 7.01. The molecule has 7 nitrogen and oxygen atoms in total. The van der Waals surface area contributed by atoms with Crippen LogP contribution < -0.4 is 14.9 Å². The van der Waals surface area contributed by atoms with Crippen LogP contribution in [0.15, 0.2) is 125 Å². The van der Waals surface area contributed by atoms with Gasteiger partial charge in [0.2, 0.25) is 0 Å². The number of para-hydroxylation sites is 1. The number of carbonyl (C=O) groups is 1. The molecule has 0 unspecified atom stereocenters. The zero-order chi connectivity index (χ0) is 32.5. The SMILES string of the molecule is CCOC(=O)C1=C(c2ccccc2)N=c2s/c(=C\c3cn(Cc4ccccc4C#N)c4ccccc34)c(=O)n2[C@@H]1c1ccc(F)cc1. The summed E-state index contributed by atoms with van der Waals surface area (Å²) in [6.07, 6.45) is 3.82. The van der Waals surface area contributed by atoms with Gasteiger partial charge in [0.25, 0.3) is 5.56 Å². The Hall–Kier alpha value is -5.85. The first-order chi connectivity index (χ1) is 23.0. The van der Waals surface area contributed by atoms with E-state index < -0.39 is 17.8 Å². The highest BCUT2D eigenvalue weighted by Gasteiger charge is 2.35. The van der Waals surface area contributed by atoms with E-state index >= 15 is 0 Å². The number of hydrogen-bond acceptors (Lipinski definition) is 6. The highest BCUT2D eigenvalue weighted by Crippen LogP contribution is 2.35. The van der Waals surface area contributed by atoms with Gasteiger partial charge < -0.3 is 9.30 Å². The lowest BCUT2D eigenvalue weighted by Crippen LogP contribution is -2.40.